The van der Waals surface area contributed by atoms with Crippen LogP contribution < -0.4 is 0 Å². The van der Waals surface area contributed by atoms with E-state index in [1.54, 1.807) is 7.05 Å². The van der Waals surface area contributed by atoms with E-state index in [9.17, 15) is 9.59 Å². The summed E-state index contributed by atoms with van der Waals surface area (Å²) in [6.45, 7) is 5.97. The molecule has 1 amide bonds. The second kappa shape index (κ2) is 6.92. The molecule has 4 heteroatoms. The van der Waals surface area contributed by atoms with Crippen molar-refractivity contribution in [2.45, 2.75) is 64.9 Å². The fraction of sp³-hybridized carbons (Fsp3) is 0.867. The molecule has 1 fully saturated rings. The molecule has 0 saturated heterocycles. The Morgan fingerprint density at radius 1 is 1.16 bits per heavy atom. The highest BCUT2D eigenvalue weighted by Crippen LogP contribution is 2.25. The van der Waals surface area contributed by atoms with E-state index in [1.165, 1.54) is 11.3 Å². The zero-order valence-corrected chi connectivity index (χ0v) is 12.7. The highest BCUT2D eigenvalue weighted by molar-refractivity contribution is 5.81. The standard InChI is InChI=1S/C15H27NO3/c1-15(2,3)19-14(18)16(4)11-10-13(17)12-8-6-5-7-9-12/h12H,5-11H2,1-4H3. The van der Waals surface area contributed by atoms with Gasteiger partial charge in [0.2, 0.25) is 0 Å². The van der Waals surface area contributed by atoms with Crippen molar-refractivity contribution in [1.82, 2.24) is 4.90 Å². The molecule has 0 bridgehead atoms. The number of amides is 1. The first kappa shape index (κ1) is 16.0. The SMILES string of the molecule is CN(CCC(=O)C1CCCCC1)C(=O)OC(C)(C)C. The number of carbonyl (C=O) groups excluding carboxylic acids is 2. The molecule has 0 spiro atoms. The van der Waals surface area contributed by atoms with Crippen LogP contribution in [0.15, 0.2) is 0 Å². The van der Waals surface area contributed by atoms with Crippen molar-refractivity contribution in [3.63, 3.8) is 0 Å². The quantitative estimate of drug-likeness (QED) is 0.786. The van der Waals surface area contributed by atoms with Gasteiger partial charge in [0.1, 0.15) is 11.4 Å². The summed E-state index contributed by atoms with van der Waals surface area (Å²) >= 11 is 0. The third-order valence-electron chi connectivity index (χ3n) is 3.46. The zero-order valence-electron chi connectivity index (χ0n) is 12.7. The van der Waals surface area contributed by atoms with Gasteiger partial charge in [0.15, 0.2) is 0 Å². The van der Waals surface area contributed by atoms with E-state index in [1.807, 2.05) is 20.8 Å². The summed E-state index contributed by atoms with van der Waals surface area (Å²) < 4.78 is 5.25. The van der Waals surface area contributed by atoms with Crippen LogP contribution in [-0.2, 0) is 9.53 Å². The van der Waals surface area contributed by atoms with Crippen molar-refractivity contribution < 1.29 is 14.3 Å². The van der Waals surface area contributed by atoms with Crippen LogP contribution in [-0.4, -0.2) is 36.0 Å². The van der Waals surface area contributed by atoms with Crippen molar-refractivity contribution in [3.05, 3.63) is 0 Å². The topological polar surface area (TPSA) is 46.6 Å². The van der Waals surface area contributed by atoms with Crippen molar-refractivity contribution in [2.24, 2.45) is 5.92 Å². The molecule has 0 aliphatic heterocycles. The third-order valence-corrected chi connectivity index (χ3v) is 3.46. The fourth-order valence-electron chi connectivity index (χ4n) is 2.34. The number of ether oxygens (including phenoxy) is 1. The summed E-state index contributed by atoms with van der Waals surface area (Å²) in [4.78, 5) is 25.3. The lowest BCUT2D eigenvalue weighted by Gasteiger charge is -2.25. The minimum atomic E-state index is -0.487. The summed E-state index contributed by atoms with van der Waals surface area (Å²) in [7, 11) is 1.68. The minimum Gasteiger partial charge on any atom is -0.444 e. The van der Waals surface area contributed by atoms with Gasteiger partial charge in [0, 0.05) is 25.9 Å². The normalized spacial score (nSPS) is 17.1. The Morgan fingerprint density at radius 2 is 1.74 bits per heavy atom. The van der Waals surface area contributed by atoms with Crippen LogP contribution in [0, 0.1) is 5.92 Å². The van der Waals surface area contributed by atoms with Gasteiger partial charge in [-0.1, -0.05) is 19.3 Å². The molecule has 0 aromatic heterocycles. The summed E-state index contributed by atoms with van der Waals surface area (Å²) in [6, 6.07) is 0. The Bertz CT molecular complexity index is 314. The summed E-state index contributed by atoms with van der Waals surface area (Å²) in [6.07, 6.45) is 5.71. The second-order valence-electron chi connectivity index (χ2n) is 6.45. The van der Waals surface area contributed by atoms with Crippen LogP contribution in [0.4, 0.5) is 4.79 Å². The lowest BCUT2D eigenvalue weighted by molar-refractivity contribution is -0.124. The first-order chi connectivity index (χ1) is 8.79. The first-order valence-electron chi connectivity index (χ1n) is 7.26. The molecule has 1 saturated carbocycles. The van der Waals surface area contributed by atoms with Gasteiger partial charge in [-0.05, 0) is 33.6 Å². The Hall–Kier alpha value is -1.06. The van der Waals surface area contributed by atoms with Crippen molar-refractivity contribution in [1.29, 1.82) is 0 Å². The Kier molecular flexibility index (Phi) is 5.83. The van der Waals surface area contributed by atoms with E-state index >= 15 is 0 Å². The van der Waals surface area contributed by atoms with Crippen LogP contribution in [0.1, 0.15) is 59.3 Å². The first-order valence-corrected chi connectivity index (χ1v) is 7.26. The number of nitrogens with zero attached hydrogens (tertiary/aromatic N) is 1. The molecule has 0 radical (unpaired) electrons. The predicted molar refractivity (Wildman–Crippen MR) is 75.1 cm³/mol. The molecule has 1 aliphatic rings. The zero-order chi connectivity index (χ0) is 14.5. The number of carbonyl (C=O) groups is 2. The lowest BCUT2D eigenvalue weighted by Crippen LogP contribution is -2.35. The molecule has 0 heterocycles. The maximum Gasteiger partial charge on any atom is 0.410 e. The van der Waals surface area contributed by atoms with E-state index in [-0.39, 0.29) is 12.0 Å². The molecular formula is C15H27NO3. The van der Waals surface area contributed by atoms with Crippen molar-refractivity contribution in [3.8, 4) is 0 Å². The highest BCUT2D eigenvalue weighted by Gasteiger charge is 2.23. The Balaban J connectivity index is 2.30. The van der Waals surface area contributed by atoms with Gasteiger partial charge in [-0.25, -0.2) is 4.79 Å². The van der Waals surface area contributed by atoms with Gasteiger partial charge in [-0.3, -0.25) is 4.79 Å². The van der Waals surface area contributed by atoms with E-state index in [2.05, 4.69) is 0 Å². The average Bonchev–Trinajstić information content (AvgIpc) is 2.34. The molecule has 4 nitrogen and oxygen atoms in total. The molecule has 0 atom stereocenters. The summed E-state index contributed by atoms with van der Waals surface area (Å²) in [5.41, 5.74) is -0.487. The number of hydrogen-bond donors (Lipinski definition) is 0. The van der Waals surface area contributed by atoms with Gasteiger partial charge in [-0.2, -0.15) is 0 Å². The number of rotatable bonds is 4. The minimum absolute atomic E-state index is 0.223. The van der Waals surface area contributed by atoms with Gasteiger partial charge >= 0.3 is 6.09 Å². The summed E-state index contributed by atoms with van der Waals surface area (Å²) in [5, 5.41) is 0. The largest absolute Gasteiger partial charge is 0.444 e. The van der Waals surface area contributed by atoms with Crippen LogP contribution in [0.3, 0.4) is 0 Å². The number of Topliss-reactive ketones (excluding diaryl/α,β-unsaturated/α-hetero) is 1. The fourth-order valence-corrected chi connectivity index (χ4v) is 2.34. The molecule has 19 heavy (non-hydrogen) atoms. The van der Waals surface area contributed by atoms with Crippen LogP contribution in [0.25, 0.3) is 0 Å². The average molecular weight is 269 g/mol. The Morgan fingerprint density at radius 3 is 2.26 bits per heavy atom. The van der Waals surface area contributed by atoms with E-state index in [0.717, 1.165) is 25.7 Å². The maximum atomic E-state index is 12.0. The van der Waals surface area contributed by atoms with Gasteiger partial charge < -0.3 is 9.64 Å². The Labute approximate surface area is 116 Å². The van der Waals surface area contributed by atoms with Crippen LogP contribution in [0.2, 0.25) is 0 Å². The number of ketones is 1. The van der Waals surface area contributed by atoms with Gasteiger partial charge in [-0.15, -0.1) is 0 Å². The van der Waals surface area contributed by atoms with Crippen LogP contribution >= 0.6 is 0 Å². The van der Waals surface area contributed by atoms with E-state index < -0.39 is 5.60 Å². The molecule has 1 rings (SSSR count). The molecule has 110 valence electrons. The second-order valence-corrected chi connectivity index (χ2v) is 6.45. The molecule has 1 aliphatic carbocycles. The predicted octanol–water partition coefficient (Wildman–Crippen LogP) is 3.39. The van der Waals surface area contributed by atoms with Crippen molar-refractivity contribution >= 4 is 11.9 Å². The molecule has 0 unspecified atom stereocenters. The van der Waals surface area contributed by atoms with E-state index in [4.69, 9.17) is 4.74 Å². The molecule has 0 aromatic carbocycles. The monoisotopic (exact) mass is 269 g/mol. The maximum absolute atomic E-state index is 12.0. The summed E-state index contributed by atoms with van der Waals surface area (Å²) in [5.74, 6) is 0.524. The molecule has 0 N–H and O–H groups in total. The lowest BCUT2D eigenvalue weighted by atomic mass is 9.85. The third kappa shape index (κ3) is 6.08. The van der Waals surface area contributed by atoms with Gasteiger partial charge in [0.05, 0.1) is 0 Å². The number of hydrogen-bond acceptors (Lipinski definition) is 3. The smallest absolute Gasteiger partial charge is 0.410 e. The molecular weight excluding hydrogens is 242 g/mol. The van der Waals surface area contributed by atoms with Crippen LogP contribution in [0.5, 0.6) is 0 Å². The van der Waals surface area contributed by atoms with E-state index in [0.29, 0.717) is 18.7 Å². The van der Waals surface area contributed by atoms with Gasteiger partial charge in [0.25, 0.3) is 0 Å². The highest BCUT2D eigenvalue weighted by atomic mass is 16.6. The van der Waals surface area contributed by atoms with Crippen molar-refractivity contribution in [2.75, 3.05) is 13.6 Å². The molecule has 0 aromatic rings.